The number of anilines is 2. The molecule has 0 spiro atoms. The molecule has 0 aromatic heterocycles. The highest BCUT2D eigenvalue weighted by atomic mass is 16.5. The highest BCUT2D eigenvalue weighted by Gasteiger charge is 2.14. The Hall–Kier alpha value is -1.75. The zero-order chi connectivity index (χ0) is 13.0. The van der Waals surface area contributed by atoms with Gasteiger partial charge in [-0.05, 0) is 37.0 Å². The van der Waals surface area contributed by atoms with E-state index in [0.29, 0.717) is 11.6 Å². The molecule has 1 aromatic carbocycles. The number of hydrogen-bond donors (Lipinski definition) is 3. The van der Waals surface area contributed by atoms with Crippen LogP contribution in [0.4, 0.5) is 11.4 Å². The van der Waals surface area contributed by atoms with Crippen molar-refractivity contribution in [1.82, 2.24) is 0 Å². The van der Waals surface area contributed by atoms with Crippen LogP contribution in [0.2, 0.25) is 0 Å². The monoisotopic (exact) mass is 250 g/mol. The van der Waals surface area contributed by atoms with Gasteiger partial charge in [-0.1, -0.05) is 0 Å². The van der Waals surface area contributed by atoms with Gasteiger partial charge in [-0.3, -0.25) is 0 Å². The zero-order valence-corrected chi connectivity index (χ0v) is 10.2. The van der Waals surface area contributed by atoms with E-state index in [2.05, 4.69) is 5.32 Å². The second-order valence-corrected chi connectivity index (χ2v) is 4.54. The molecule has 5 nitrogen and oxygen atoms in total. The number of benzene rings is 1. The van der Waals surface area contributed by atoms with Crippen LogP contribution in [-0.2, 0) is 4.74 Å². The lowest BCUT2D eigenvalue weighted by atomic mass is 10.0. The van der Waals surface area contributed by atoms with Gasteiger partial charge in [0, 0.05) is 31.1 Å². The number of aromatic carboxylic acids is 1. The van der Waals surface area contributed by atoms with Crippen LogP contribution in [0, 0.1) is 5.92 Å². The molecule has 0 radical (unpaired) electrons. The summed E-state index contributed by atoms with van der Waals surface area (Å²) >= 11 is 0. The van der Waals surface area contributed by atoms with E-state index in [1.807, 2.05) is 0 Å². The van der Waals surface area contributed by atoms with Gasteiger partial charge in [0.1, 0.15) is 0 Å². The molecule has 1 saturated heterocycles. The lowest BCUT2D eigenvalue weighted by Crippen LogP contribution is -2.22. The maximum atomic E-state index is 10.8. The summed E-state index contributed by atoms with van der Waals surface area (Å²) in [6.45, 7) is 2.52. The summed E-state index contributed by atoms with van der Waals surface area (Å²) in [5.74, 6) is -0.386. The van der Waals surface area contributed by atoms with Crippen LogP contribution in [-0.4, -0.2) is 30.8 Å². The lowest BCUT2D eigenvalue weighted by molar-refractivity contribution is 0.0694. The van der Waals surface area contributed by atoms with E-state index in [9.17, 15) is 4.79 Å². The van der Waals surface area contributed by atoms with Crippen molar-refractivity contribution in [2.45, 2.75) is 12.8 Å². The van der Waals surface area contributed by atoms with Crippen LogP contribution in [0.25, 0.3) is 0 Å². The van der Waals surface area contributed by atoms with Crippen molar-refractivity contribution in [3.8, 4) is 0 Å². The topological polar surface area (TPSA) is 84.6 Å². The van der Waals surface area contributed by atoms with Crippen LogP contribution < -0.4 is 11.1 Å². The molecule has 0 saturated carbocycles. The van der Waals surface area contributed by atoms with Crippen molar-refractivity contribution in [2.75, 3.05) is 30.8 Å². The first-order valence-corrected chi connectivity index (χ1v) is 6.11. The molecule has 0 atom stereocenters. The second kappa shape index (κ2) is 5.73. The van der Waals surface area contributed by atoms with Crippen LogP contribution in [0.5, 0.6) is 0 Å². The first-order valence-electron chi connectivity index (χ1n) is 6.11. The molecule has 0 amide bonds. The van der Waals surface area contributed by atoms with E-state index in [1.54, 1.807) is 12.1 Å². The van der Waals surface area contributed by atoms with Gasteiger partial charge in [0.05, 0.1) is 5.56 Å². The molecule has 98 valence electrons. The second-order valence-electron chi connectivity index (χ2n) is 4.54. The molecule has 1 heterocycles. The van der Waals surface area contributed by atoms with Crippen LogP contribution in [0.15, 0.2) is 18.2 Å². The van der Waals surface area contributed by atoms with Gasteiger partial charge in [0.2, 0.25) is 0 Å². The van der Waals surface area contributed by atoms with Gasteiger partial charge in [-0.25, -0.2) is 4.79 Å². The largest absolute Gasteiger partial charge is 0.478 e. The quantitative estimate of drug-likeness (QED) is 0.710. The number of carboxylic acids is 1. The molecule has 18 heavy (non-hydrogen) atoms. The minimum atomic E-state index is -0.997. The van der Waals surface area contributed by atoms with E-state index in [1.165, 1.54) is 6.07 Å². The third-order valence-corrected chi connectivity index (χ3v) is 3.22. The fourth-order valence-corrected chi connectivity index (χ4v) is 2.08. The Morgan fingerprint density at radius 1 is 1.44 bits per heavy atom. The highest BCUT2D eigenvalue weighted by molar-refractivity contribution is 5.94. The summed E-state index contributed by atoms with van der Waals surface area (Å²) in [5, 5.41) is 12.2. The molecular formula is C13H18N2O3. The molecule has 2 rings (SSSR count). The Morgan fingerprint density at radius 2 is 2.17 bits per heavy atom. The Morgan fingerprint density at radius 3 is 2.78 bits per heavy atom. The van der Waals surface area contributed by atoms with Gasteiger partial charge in [0.15, 0.2) is 0 Å². The van der Waals surface area contributed by atoms with Crippen molar-refractivity contribution in [3.63, 3.8) is 0 Å². The van der Waals surface area contributed by atoms with E-state index in [4.69, 9.17) is 15.6 Å². The minimum absolute atomic E-state index is 0.145. The third kappa shape index (κ3) is 3.13. The maximum Gasteiger partial charge on any atom is 0.337 e. The Kier molecular flexibility index (Phi) is 4.04. The molecule has 0 unspecified atom stereocenters. The number of hydrogen-bond acceptors (Lipinski definition) is 4. The average molecular weight is 250 g/mol. The number of rotatable bonds is 4. The van der Waals surface area contributed by atoms with E-state index >= 15 is 0 Å². The number of nitrogen functional groups attached to an aromatic ring is 1. The normalized spacial score (nSPS) is 16.4. The smallest absolute Gasteiger partial charge is 0.337 e. The lowest BCUT2D eigenvalue weighted by Gasteiger charge is -2.22. The summed E-state index contributed by atoms with van der Waals surface area (Å²) in [6.07, 6.45) is 2.13. The fraction of sp³-hybridized carbons (Fsp3) is 0.462. The van der Waals surface area contributed by atoms with Crippen LogP contribution in [0.3, 0.4) is 0 Å². The summed E-state index contributed by atoms with van der Waals surface area (Å²) in [7, 11) is 0. The molecule has 0 bridgehead atoms. The van der Waals surface area contributed by atoms with Crippen LogP contribution >= 0.6 is 0 Å². The maximum absolute atomic E-state index is 10.8. The number of carboxylic acid groups (broad SMARTS) is 1. The standard InChI is InChI=1S/C13H18N2O3/c14-12-7-10(1-2-11(12)13(16)17)15-8-9-3-5-18-6-4-9/h1-2,7,9,15H,3-6,8,14H2,(H,16,17). The van der Waals surface area contributed by atoms with Gasteiger partial charge < -0.3 is 20.9 Å². The van der Waals surface area contributed by atoms with Crippen LogP contribution in [0.1, 0.15) is 23.2 Å². The minimum Gasteiger partial charge on any atom is -0.478 e. The van der Waals surface area contributed by atoms with Crippen molar-refractivity contribution < 1.29 is 14.6 Å². The van der Waals surface area contributed by atoms with Gasteiger partial charge in [-0.15, -0.1) is 0 Å². The van der Waals surface area contributed by atoms with Crippen molar-refractivity contribution in [1.29, 1.82) is 0 Å². The molecule has 1 fully saturated rings. The first kappa shape index (κ1) is 12.7. The number of nitrogens with two attached hydrogens (primary N) is 1. The highest BCUT2D eigenvalue weighted by Crippen LogP contribution is 2.20. The van der Waals surface area contributed by atoms with Crippen molar-refractivity contribution in [2.24, 2.45) is 5.92 Å². The molecule has 1 aliphatic rings. The molecule has 0 aliphatic carbocycles. The van der Waals surface area contributed by atoms with Gasteiger partial charge in [0.25, 0.3) is 0 Å². The van der Waals surface area contributed by atoms with E-state index in [-0.39, 0.29) is 5.56 Å². The molecule has 1 aromatic rings. The predicted octanol–water partition coefficient (Wildman–Crippen LogP) is 1.81. The van der Waals surface area contributed by atoms with Gasteiger partial charge >= 0.3 is 5.97 Å². The Labute approximate surface area is 106 Å². The summed E-state index contributed by atoms with van der Waals surface area (Å²) in [4.78, 5) is 10.8. The molecule has 4 N–H and O–H groups in total. The average Bonchev–Trinajstić information content (AvgIpc) is 2.37. The molecular weight excluding hydrogens is 232 g/mol. The Bertz CT molecular complexity index is 428. The number of ether oxygens (including phenoxy) is 1. The van der Waals surface area contributed by atoms with E-state index in [0.717, 1.165) is 38.3 Å². The molecule has 5 heteroatoms. The summed E-state index contributed by atoms with van der Waals surface area (Å²) in [6, 6.07) is 4.95. The number of carbonyl (C=O) groups is 1. The Balaban J connectivity index is 1.93. The zero-order valence-electron chi connectivity index (χ0n) is 10.2. The SMILES string of the molecule is Nc1cc(NCC2CCOCC2)ccc1C(=O)O. The first-order chi connectivity index (χ1) is 8.66. The fourth-order valence-electron chi connectivity index (χ4n) is 2.08. The summed E-state index contributed by atoms with van der Waals surface area (Å²) < 4.78 is 5.30. The van der Waals surface area contributed by atoms with Crippen molar-refractivity contribution in [3.05, 3.63) is 23.8 Å². The predicted molar refractivity (Wildman–Crippen MR) is 69.8 cm³/mol. The third-order valence-electron chi connectivity index (χ3n) is 3.22. The number of nitrogens with one attached hydrogen (secondary N) is 1. The molecule has 1 aliphatic heterocycles. The van der Waals surface area contributed by atoms with Gasteiger partial charge in [-0.2, -0.15) is 0 Å². The van der Waals surface area contributed by atoms with Crippen molar-refractivity contribution >= 4 is 17.3 Å². The van der Waals surface area contributed by atoms with E-state index < -0.39 is 5.97 Å². The summed E-state index contributed by atoms with van der Waals surface area (Å²) in [5.41, 5.74) is 6.99.